The fourth-order valence-corrected chi connectivity index (χ4v) is 2.95. The van der Waals surface area contributed by atoms with Gasteiger partial charge < -0.3 is 14.8 Å². The maximum atomic E-state index is 12.4. The summed E-state index contributed by atoms with van der Waals surface area (Å²) in [6.07, 6.45) is 0. The molecular weight excluding hydrogens is 382 g/mol. The quantitative estimate of drug-likeness (QED) is 0.654. The van der Waals surface area contributed by atoms with Gasteiger partial charge in [0.1, 0.15) is 18.0 Å². The van der Waals surface area contributed by atoms with Crippen molar-refractivity contribution in [3.8, 4) is 22.9 Å². The highest BCUT2D eigenvalue weighted by Gasteiger charge is 2.17. The summed E-state index contributed by atoms with van der Waals surface area (Å²) in [6, 6.07) is 12.3. The number of aromatic nitrogens is 4. The van der Waals surface area contributed by atoms with Crippen molar-refractivity contribution in [2.24, 2.45) is 0 Å². The van der Waals surface area contributed by atoms with E-state index in [0.29, 0.717) is 27.9 Å². The molecule has 0 radical (unpaired) electrons. The van der Waals surface area contributed by atoms with E-state index in [1.807, 2.05) is 25.1 Å². The van der Waals surface area contributed by atoms with Crippen LogP contribution in [0.3, 0.4) is 0 Å². The molecule has 1 amide bonds. The van der Waals surface area contributed by atoms with E-state index < -0.39 is 0 Å². The van der Waals surface area contributed by atoms with Gasteiger partial charge in [0.15, 0.2) is 0 Å². The standard InChI is InChI=1S/C19H20ClN5O3/c1-12(15-10-13(27-2)8-9-17(15)28-3)21-18(26)11-25-23-19(22-24-25)14-6-4-5-7-16(14)20/h4-10,12H,11H2,1-3H3,(H,21,26)/t12-/m1/s1. The van der Waals surface area contributed by atoms with Crippen LogP contribution in [0, 0.1) is 0 Å². The predicted molar refractivity (Wildman–Crippen MR) is 104 cm³/mol. The summed E-state index contributed by atoms with van der Waals surface area (Å²) in [5, 5.41) is 15.5. The molecular formula is C19H20ClN5O3. The number of rotatable bonds is 7. The lowest BCUT2D eigenvalue weighted by molar-refractivity contribution is -0.122. The Hall–Kier alpha value is -3.13. The monoisotopic (exact) mass is 401 g/mol. The van der Waals surface area contributed by atoms with Crippen molar-refractivity contribution < 1.29 is 14.3 Å². The minimum Gasteiger partial charge on any atom is -0.497 e. The number of amides is 1. The van der Waals surface area contributed by atoms with E-state index in [0.717, 1.165) is 5.56 Å². The topological polar surface area (TPSA) is 91.2 Å². The molecule has 1 aromatic heterocycles. The zero-order chi connectivity index (χ0) is 20.1. The Labute approximate surface area is 167 Å². The van der Waals surface area contributed by atoms with Crippen molar-refractivity contribution in [1.82, 2.24) is 25.5 Å². The van der Waals surface area contributed by atoms with Crippen LogP contribution in [0.5, 0.6) is 11.5 Å². The minimum absolute atomic E-state index is 0.0753. The summed E-state index contributed by atoms with van der Waals surface area (Å²) in [5.74, 6) is 1.44. The molecule has 0 bridgehead atoms. The Bertz CT molecular complexity index is 976. The minimum atomic E-state index is -0.302. The third-order valence-electron chi connectivity index (χ3n) is 4.13. The highest BCUT2D eigenvalue weighted by Crippen LogP contribution is 2.29. The summed E-state index contributed by atoms with van der Waals surface area (Å²) < 4.78 is 10.6. The zero-order valence-electron chi connectivity index (χ0n) is 15.7. The molecule has 0 aliphatic rings. The van der Waals surface area contributed by atoms with Gasteiger partial charge in [0.05, 0.1) is 25.3 Å². The van der Waals surface area contributed by atoms with E-state index in [4.69, 9.17) is 21.1 Å². The van der Waals surface area contributed by atoms with Crippen molar-refractivity contribution in [3.63, 3.8) is 0 Å². The van der Waals surface area contributed by atoms with Crippen molar-refractivity contribution >= 4 is 17.5 Å². The molecule has 0 aliphatic carbocycles. The van der Waals surface area contributed by atoms with Gasteiger partial charge in [-0.25, -0.2) is 0 Å². The molecule has 0 spiro atoms. The number of benzene rings is 2. The Kier molecular flexibility index (Phi) is 6.10. The smallest absolute Gasteiger partial charge is 0.244 e. The first-order valence-electron chi connectivity index (χ1n) is 8.55. The van der Waals surface area contributed by atoms with Gasteiger partial charge in [-0.1, -0.05) is 23.7 Å². The number of ether oxygens (including phenoxy) is 2. The number of halogens is 1. The van der Waals surface area contributed by atoms with Gasteiger partial charge >= 0.3 is 0 Å². The Morgan fingerprint density at radius 3 is 2.71 bits per heavy atom. The first kappa shape index (κ1) is 19.6. The molecule has 8 nitrogen and oxygen atoms in total. The fraction of sp³-hybridized carbons (Fsp3) is 0.263. The van der Waals surface area contributed by atoms with Crippen LogP contribution in [0.4, 0.5) is 0 Å². The Balaban J connectivity index is 1.69. The molecule has 1 atom stereocenters. The molecule has 28 heavy (non-hydrogen) atoms. The highest BCUT2D eigenvalue weighted by molar-refractivity contribution is 6.33. The highest BCUT2D eigenvalue weighted by atomic mass is 35.5. The number of carbonyl (C=O) groups excluding carboxylic acids is 1. The summed E-state index contributed by atoms with van der Waals surface area (Å²) >= 11 is 6.15. The van der Waals surface area contributed by atoms with E-state index >= 15 is 0 Å². The number of nitrogens with one attached hydrogen (secondary N) is 1. The lowest BCUT2D eigenvalue weighted by Crippen LogP contribution is -2.31. The Morgan fingerprint density at radius 1 is 1.21 bits per heavy atom. The normalized spacial score (nSPS) is 11.7. The lowest BCUT2D eigenvalue weighted by atomic mass is 10.1. The summed E-state index contributed by atoms with van der Waals surface area (Å²) in [4.78, 5) is 13.7. The van der Waals surface area contributed by atoms with Gasteiger partial charge in [-0.05, 0) is 42.5 Å². The van der Waals surface area contributed by atoms with Crippen molar-refractivity contribution in [2.45, 2.75) is 19.5 Å². The number of methoxy groups -OCH3 is 2. The maximum absolute atomic E-state index is 12.4. The third-order valence-corrected chi connectivity index (χ3v) is 4.46. The third kappa shape index (κ3) is 4.40. The first-order valence-corrected chi connectivity index (χ1v) is 8.93. The zero-order valence-corrected chi connectivity index (χ0v) is 16.5. The van der Waals surface area contributed by atoms with Crippen LogP contribution in [0.25, 0.3) is 11.4 Å². The molecule has 3 aromatic rings. The van der Waals surface area contributed by atoms with E-state index in [2.05, 4.69) is 20.7 Å². The van der Waals surface area contributed by atoms with Crippen LogP contribution < -0.4 is 14.8 Å². The Morgan fingerprint density at radius 2 is 2.00 bits per heavy atom. The molecule has 0 saturated heterocycles. The van der Waals surface area contributed by atoms with Crippen LogP contribution in [-0.4, -0.2) is 40.3 Å². The van der Waals surface area contributed by atoms with E-state index in [1.54, 1.807) is 38.5 Å². The van der Waals surface area contributed by atoms with E-state index in [9.17, 15) is 4.79 Å². The second kappa shape index (κ2) is 8.71. The van der Waals surface area contributed by atoms with Crippen LogP contribution in [0.1, 0.15) is 18.5 Å². The molecule has 0 aliphatic heterocycles. The summed E-state index contributed by atoms with van der Waals surface area (Å²) in [6.45, 7) is 1.78. The average molecular weight is 402 g/mol. The number of hydrogen-bond acceptors (Lipinski definition) is 6. The van der Waals surface area contributed by atoms with Gasteiger partial charge in [-0.2, -0.15) is 4.80 Å². The van der Waals surface area contributed by atoms with Gasteiger partial charge in [-0.3, -0.25) is 4.79 Å². The molecule has 3 rings (SSSR count). The lowest BCUT2D eigenvalue weighted by Gasteiger charge is -2.18. The maximum Gasteiger partial charge on any atom is 0.244 e. The van der Waals surface area contributed by atoms with Crippen LogP contribution in [0.2, 0.25) is 5.02 Å². The SMILES string of the molecule is COc1ccc(OC)c([C@@H](C)NC(=O)Cn2nnc(-c3ccccc3Cl)n2)c1. The molecule has 0 fully saturated rings. The average Bonchev–Trinajstić information content (AvgIpc) is 3.15. The number of carbonyl (C=O) groups is 1. The molecule has 2 aromatic carbocycles. The van der Waals surface area contributed by atoms with Crippen LogP contribution >= 0.6 is 11.6 Å². The molecule has 146 valence electrons. The second-order valence-electron chi connectivity index (χ2n) is 6.02. The van der Waals surface area contributed by atoms with E-state index in [-0.39, 0.29) is 18.5 Å². The molecule has 0 unspecified atom stereocenters. The number of hydrogen-bond donors (Lipinski definition) is 1. The van der Waals surface area contributed by atoms with Gasteiger partial charge in [-0.15, -0.1) is 10.2 Å². The van der Waals surface area contributed by atoms with Crippen LogP contribution in [-0.2, 0) is 11.3 Å². The van der Waals surface area contributed by atoms with Gasteiger partial charge in [0, 0.05) is 11.1 Å². The number of tetrazole rings is 1. The molecule has 1 N–H and O–H groups in total. The molecule has 9 heteroatoms. The largest absolute Gasteiger partial charge is 0.497 e. The molecule has 0 saturated carbocycles. The number of nitrogens with zero attached hydrogens (tertiary/aromatic N) is 4. The van der Waals surface area contributed by atoms with Crippen molar-refractivity contribution in [2.75, 3.05) is 14.2 Å². The molecule has 1 heterocycles. The van der Waals surface area contributed by atoms with E-state index in [1.165, 1.54) is 4.80 Å². The summed E-state index contributed by atoms with van der Waals surface area (Å²) in [5.41, 5.74) is 1.46. The van der Waals surface area contributed by atoms with Crippen LogP contribution in [0.15, 0.2) is 42.5 Å². The van der Waals surface area contributed by atoms with Gasteiger partial charge in [0.25, 0.3) is 0 Å². The predicted octanol–water partition coefficient (Wildman–Crippen LogP) is 2.89. The second-order valence-corrected chi connectivity index (χ2v) is 6.43. The van der Waals surface area contributed by atoms with Crippen molar-refractivity contribution in [1.29, 1.82) is 0 Å². The van der Waals surface area contributed by atoms with Gasteiger partial charge in [0.2, 0.25) is 11.7 Å². The fourth-order valence-electron chi connectivity index (χ4n) is 2.73. The van der Waals surface area contributed by atoms with Crippen molar-refractivity contribution in [3.05, 3.63) is 53.1 Å². The first-order chi connectivity index (χ1) is 13.5. The summed E-state index contributed by atoms with van der Waals surface area (Å²) in [7, 11) is 3.16.